The monoisotopic (exact) mass is 382 g/mol. The minimum atomic E-state index is -0.292. The number of hydrogen-bond acceptors (Lipinski definition) is 3. The van der Waals surface area contributed by atoms with Crippen LogP contribution in [-0.4, -0.2) is 31.2 Å². The van der Waals surface area contributed by atoms with Crippen molar-refractivity contribution in [1.82, 2.24) is 5.32 Å². The molecule has 3 rings (SSSR count). The maximum atomic E-state index is 12.9. The number of carbonyl (C=O) groups is 1. The lowest BCUT2D eigenvalue weighted by atomic mass is 10.1. The molecule has 0 radical (unpaired) electrons. The van der Waals surface area contributed by atoms with Crippen molar-refractivity contribution in [3.63, 3.8) is 0 Å². The molecule has 1 N–H and O–H groups in total. The molecule has 0 aliphatic carbocycles. The van der Waals surface area contributed by atoms with Crippen molar-refractivity contribution < 1.29 is 13.9 Å². The number of nitrogens with zero attached hydrogens (tertiary/aromatic N) is 1. The van der Waals surface area contributed by atoms with Gasteiger partial charge in [-0.05, 0) is 62.2 Å². The molecular formula is C23H27FN2O2. The van der Waals surface area contributed by atoms with E-state index in [1.165, 1.54) is 18.2 Å². The summed E-state index contributed by atoms with van der Waals surface area (Å²) in [5, 5.41) is 2.98. The number of amides is 1. The zero-order valence-corrected chi connectivity index (χ0v) is 16.6. The van der Waals surface area contributed by atoms with Crippen LogP contribution in [0.2, 0.25) is 0 Å². The fourth-order valence-corrected chi connectivity index (χ4v) is 3.47. The zero-order chi connectivity index (χ0) is 20.1. The number of halogens is 1. The number of morpholine rings is 1. The van der Waals surface area contributed by atoms with E-state index in [9.17, 15) is 9.18 Å². The Morgan fingerprint density at radius 1 is 1.18 bits per heavy atom. The van der Waals surface area contributed by atoms with Crippen LogP contribution >= 0.6 is 0 Å². The minimum absolute atomic E-state index is 0.124. The lowest BCUT2D eigenvalue weighted by molar-refractivity contribution is -0.117. The standard InChI is InChI=1S/C23H27FN2O2/c1-16-14-26(15-17(2)28-16)22-6-4-5-20(13-22)18(3)25-23(27)12-9-19-7-10-21(24)11-8-19/h4-13,16-18H,14-15H2,1-3H3,(H,25,27)/b12-9+/t16-,17+,18-/m1/s1. The highest BCUT2D eigenvalue weighted by Crippen LogP contribution is 2.24. The molecule has 1 aliphatic heterocycles. The maximum Gasteiger partial charge on any atom is 0.244 e. The molecule has 1 aliphatic rings. The fourth-order valence-electron chi connectivity index (χ4n) is 3.47. The van der Waals surface area contributed by atoms with Crippen molar-refractivity contribution in [2.24, 2.45) is 0 Å². The van der Waals surface area contributed by atoms with E-state index in [2.05, 4.69) is 36.2 Å². The summed E-state index contributed by atoms with van der Waals surface area (Å²) in [7, 11) is 0. The van der Waals surface area contributed by atoms with Gasteiger partial charge in [-0.2, -0.15) is 0 Å². The van der Waals surface area contributed by atoms with Crippen molar-refractivity contribution in [2.45, 2.75) is 39.0 Å². The fraction of sp³-hybridized carbons (Fsp3) is 0.348. The van der Waals surface area contributed by atoms with Crippen molar-refractivity contribution in [3.8, 4) is 0 Å². The Bertz CT molecular complexity index is 825. The molecule has 0 aromatic heterocycles. The van der Waals surface area contributed by atoms with Gasteiger partial charge in [-0.15, -0.1) is 0 Å². The van der Waals surface area contributed by atoms with E-state index in [1.807, 2.05) is 19.1 Å². The van der Waals surface area contributed by atoms with E-state index in [0.717, 1.165) is 29.9 Å². The Morgan fingerprint density at radius 2 is 1.86 bits per heavy atom. The molecular weight excluding hydrogens is 355 g/mol. The number of carbonyl (C=O) groups excluding carboxylic acids is 1. The highest BCUT2D eigenvalue weighted by Gasteiger charge is 2.22. The second kappa shape index (κ2) is 9.02. The third-order valence-corrected chi connectivity index (χ3v) is 4.81. The summed E-state index contributed by atoms with van der Waals surface area (Å²) in [5.41, 5.74) is 2.97. The summed E-state index contributed by atoms with van der Waals surface area (Å²) in [4.78, 5) is 14.6. The minimum Gasteiger partial charge on any atom is -0.372 e. The van der Waals surface area contributed by atoms with Crippen LogP contribution in [0.25, 0.3) is 6.08 Å². The first-order valence-corrected chi connectivity index (χ1v) is 9.65. The van der Waals surface area contributed by atoms with Gasteiger partial charge >= 0.3 is 0 Å². The van der Waals surface area contributed by atoms with Gasteiger partial charge in [-0.3, -0.25) is 4.79 Å². The van der Waals surface area contributed by atoms with Crippen LogP contribution in [-0.2, 0) is 9.53 Å². The quantitative estimate of drug-likeness (QED) is 0.783. The van der Waals surface area contributed by atoms with Crippen molar-refractivity contribution in [2.75, 3.05) is 18.0 Å². The molecule has 4 nitrogen and oxygen atoms in total. The van der Waals surface area contributed by atoms with Crippen LogP contribution in [0.5, 0.6) is 0 Å². The van der Waals surface area contributed by atoms with E-state index < -0.39 is 0 Å². The summed E-state index contributed by atoms with van der Waals surface area (Å²) in [5.74, 6) is -0.477. The molecule has 3 atom stereocenters. The van der Waals surface area contributed by atoms with Gasteiger partial charge in [-0.1, -0.05) is 24.3 Å². The van der Waals surface area contributed by atoms with Gasteiger partial charge in [0.25, 0.3) is 0 Å². The maximum absolute atomic E-state index is 12.9. The molecule has 1 heterocycles. The number of rotatable bonds is 5. The number of hydrogen-bond donors (Lipinski definition) is 1. The van der Waals surface area contributed by atoms with Crippen LogP contribution in [0.1, 0.15) is 37.9 Å². The molecule has 5 heteroatoms. The second-order valence-corrected chi connectivity index (χ2v) is 7.37. The molecule has 0 saturated carbocycles. The Balaban J connectivity index is 1.63. The van der Waals surface area contributed by atoms with Gasteiger partial charge < -0.3 is 15.0 Å². The third kappa shape index (κ3) is 5.42. The van der Waals surface area contributed by atoms with Crippen molar-refractivity contribution in [1.29, 1.82) is 0 Å². The van der Waals surface area contributed by atoms with Gasteiger partial charge in [0.05, 0.1) is 18.2 Å². The Morgan fingerprint density at radius 3 is 2.54 bits per heavy atom. The molecule has 1 fully saturated rings. The smallest absolute Gasteiger partial charge is 0.244 e. The number of ether oxygens (including phenoxy) is 1. The highest BCUT2D eigenvalue weighted by atomic mass is 19.1. The summed E-state index contributed by atoms with van der Waals surface area (Å²) in [6, 6.07) is 14.2. The van der Waals surface area contributed by atoms with Gasteiger partial charge in [0.2, 0.25) is 5.91 Å². The average Bonchev–Trinajstić information content (AvgIpc) is 2.67. The SMILES string of the molecule is C[C@@H]1CN(c2cccc([C@@H](C)NC(=O)/C=C/c3ccc(F)cc3)c2)C[C@H](C)O1. The van der Waals surface area contributed by atoms with E-state index in [1.54, 1.807) is 18.2 Å². The van der Waals surface area contributed by atoms with Gasteiger partial charge in [0.15, 0.2) is 0 Å². The molecule has 0 bridgehead atoms. The predicted molar refractivity (Wildman–Crippen MR) is 111 cm³/mol. The Kier molecular flexibility index (Phi) is 6.47. The van der Waals surface area contributed by atoms with Crippen LogP contribution in [0.3, 0.4) is 0 Å². The summed E-state index contributed by atoms with van der Waals surface area (Å²) < 4.78 is 18.8. The largest absolute Gasteiger partial charge is 0.372 e. The van der Waals surface area contributed by atoms with Crippen LogP contribution in [0.15, 0.2) is 54.6 Å². The van der Waals surface area contributed by atoms with Gasteiger partial charge in [0.1, 0.15) is 5.82 Å². The normalized spacial score (nSPS) is 20.9. The van der Waals surface area contributed by atoms with E-state index >= 15 is 0 Å². The first-order chi connectivity index (χ1) is 13.4. The predicted octanol–water partition coefficient (Wildman–Crippen LogP) is 4.33. The van der Waals surface area contributed by atoms with Crippen LogP contribution in [0.4, 0.5) is 10.1 Å². The summed E-state index contributed by atoms with van der Waals surface area (Å²) in [6.07, 6.45) is 3.54. The van der Waals surface area contributed by atoms with E-state index in [0.29, 0.717) is 0 Å². The van der Waals surface area contributed by atoms with Crippen LogP contribution in [0, 0.1) is 5.82 Å². The molecule has 148 valence electrons. The first kappa shape index (κ1) is 20.1. The number of benzene rings is 2. The molecule has 0 spiro atoms. The topological polar surface area (TPSA) is 41.6 Å². The lowest BCUT2D eigenvalue weighted by Crippen LogP contribution is -2.45. The highest BCUT2D eigenvalue weighted by molar-refractivity contribution is 5.92. The molecule has 28 heavy (non-hydrogen) atoms. The lowest BCUT2D eigenvalue weighted by Gasteiger charge is -2.37. The number of anilines is 1. The van der Waals surface area contributed by atoms with Crippen molar-refractivity contribution in [3.05, 3.63) is 71.6 Å². The summed E-state index contributed by atoms with van der Waals surface area (Å²) >= 11 is 0. The third-order valence-electron chi connectivity index (χ3n) is 4.81. The molecule has 1 amide bonds. The molecule has 0 unspecified atom stereocenters. The zero-order valence-electron chi connectivity index (χ0n) is 16.6. The second-order valence-electron chi connectivity index (χ2n) is 7.37. The van der Waals surface area contributed by atoms with E-state index in [4.69, 9.17) is 4.74 Å². The molecule has 2 aromatic rings. The van der Waals surface area contributed by atoms with E-state index in [-0.39, 0.29) is 30.0 Å². The Labute approximate surface area is 166 Å². The van der Waals surface area contributed by atoms with Crippen LogP contribution < -0.4 is 10.2 Å². The van der Waals surface area contributed by atoms with Gasteiger partial charge in [-0.25, -0.2) is 4.39 Å². The summed E-state index contributed by atoms with van der Waals surface area (Å²) in [6.45, 7) is 7.85. The molecule has 1 saturated heterocycles. The first-order valence-electron chi connectivity index (χ1n) is 9.65. The average molecular weight is 382 g/mol. The van der Waals surface area contributed by atoms with Gasteiger partial charge in [0, 0.05) is 24.9 Å². The Hall–Kier alpha value is -2.66. The molecule has 2 aromatic carbocycles. The van der Waals surface area contributed by atoms with Crippen molar-refractivity contribution >= 4 is 17.7 Å². The number of nitrogens with one attached hydrogen (secondary N) is 1.